The Bertz CT molecular complexity index is 416. The van der Waals surface area contributed by atoms with Crippen molar-refractivity contribution in [1.29, 1.82) is 0 Å². The van der Waals surface area contributed by atoms with Gasteiger partial charge in [-0.05, 0) is 53.4 Å². The maximum atomic E-state index is 11.4. The molecule has 0 bridgehead atoms. The normalized spacial score (nSPS) is 14.7. The highest BCUT2D eigenvalue weighted by atomic mass is 79.9. The average Bonchev–Trinajstić information content (AvgIpc) is 3.06. The molecule has 0 aromatic heterocycles. The number of carbonyl (C=O) groups excluding carboxylic acids is 1. The Morgan fingerprint density at radius 3 is 2.88 bits per heavy atom. The highest BCUT2D eigenvalue weighted by Gasteiger charge is 2.23. The first-order valence-corrected chi connectivity index (χ1v) is 7.47. The van der Waals surface area contributed by atoms with E-state index in [1.807, 2.05) is 30.8 Å². The molecule has 0 amide bonds. The van der Waals surface area contributed by atoms with E-state index in [0.29, 0.717) is 13.0 Å². The number of benzene rings is 1. The summed E-state index contributed by atoms with van der Waals surface area (Å²) in [4.78, 5) is 12.6. The molecule has 2 rings (SSSR count). The molecule has 1 aliphatic rings. The van der Waals surface area contributed by atoms with Gasteiger partial charge in [0.15, 0.2) is 0 Å². The smallest absolute Gasteiger partial charge is 0.310 e. The highest BCUT2D eigenvalue weighted by molar-refractivity contribution is 9.10. The van der Waals surface area contributed by atoms with Gasteiger partial charge in [0.1, 0.15) is 0 Å². The van der Waals surface area contributed by atoms with E-state index in [4.69, 9.17) is 4.74 Å². The van der Waals surface area contributed by atoms with Gasteiger partial charge < -0.3 is 4.74 Å². The third-order valence-corrected chi connectivity index (χ3v) is 4.80. The Balaban J connectivity index is 1.99. The fraction of sp³-hybridized carbons (Fsp3) is 0.462. The molecule has 1 aliphatic carbocycles. The summed E-state index contributed by atoms with van der Waals surface area (Å²) in [6.45, 7) is 2.26. The van der Waals surface area contributed by atoms with Crippen LogP contribution in [0.4, 0.5) is 0 Å². The summed E-state index contributed by atoms with van der Waals surface area (Å²) in [6.07, 6.45) is 2.99. The molecule has 1 fully saturated rings. The first-order chi connectivity index (χ1) is 8.19. The summed E-state index contributed by atoms with van der Waals surface area (Å²) in [5.41, 5.74) is 0.996. The minimum absolute atomic E-state index is 0.165. The molecule has 0 radical (unpaired) electrons. The highest BCUT2D eigenvalue weighted by Crippen LogP contribution is 2.42. The van der Waals surface area contributed by atoms with E-state index in [1.165, 1.54) is 17.7 Å². The molecular formula is C13H15BrO2S. The van der Waals surface area contributed by atoms with E-state index in [-0.39, 0.29) is 5.97 Å². The lowest BCUT2D eigenvalue weighted by Gasteiger charge is -2.06. The van der Waals surface area contributed by atoms with Crippen molar-refractivity contribution in [3.63, 3.8) is 0 Å². The maximum Gasteiger partial charge on any atom is 0.310 e. The minimum atomic E-state index is -0.165. The van der Waals surface area contributed by atoms with Crippen molar-refractivity contribution in [2.75, 3.05) is 6.61 Å². The van der Waals surface area contributed by atoms with Gasteiger partial charge in [-0.3, -0.25) is 4.79 Å². The van der Waals surface area contributed by atoms with Crippen LogP contribution in [0.5, 0.6) is 0 Å². The van der Waals surface area contributed by atoms with Gasteiger partial charge in [0.2, 0.25) is 0 Å². The summed E-state index contributed by atoms with van der Waals surface area (Å²) in [5, 5.41) is 0.794. The molecule has 0 saturated heterocycles. The molecule has 0 atom stereocenters. The molecule has 0 heterocycles. The first-order valence-electron chi connectivity index (χ1n) is 5.79. The molecule has 1 aromatic rings. The molecule has 0 aliphatic heterocycles. The number of hydrogen-bond acceptors (Lipinski definition) is 3. The monoisotopic (exact) mass is 314 g/mol. The van der Waals surface area contributed by atoms with Crippen molar-refractivity contribution >= 4 is 33.7 Å². The van der Waals surface area contributed by atoms with Gasteiger partial charge in [0, 0.05) is 14.6 Å². The predicted molar refractivity (Wildman–Crippen MR) is 73.4 cm³/mol. The van der Waals surface area contributed by atoms with Crippen LogP contribution in [-0.4, -0.2) is 17.8 Å². The lowest BCUT2D eigenvalue weighted by atomic mass is 10.1. The lowest BCUT2D eigenvalue weighted by Crippen LogP contribution is -2.07. The van der Waals surface area contributed by atoms with Crippen molar-refractivity contribution in [3.8, 4) is 0 Å². The molecule has 4 heteroatoms. The standard InChI is InChI=1S/C13H15BrO2S/c1-2-16-13(15)8-9-3-6-12(11(14)7-9)17-10-4-5-10/h3,6-7,10H,2,4-5,8H2,1H3. The zero-order valence-corrected chi connectivity index (χ0v) is 12.1. The van der Waals surface area contributed by atoms with Crippen LogP contribution in [0, 0.1) is 0 Å². The van der Waals surface area contributed by atoms with Crippen LogP contribution in [0.1, 0.15) is 25.3 Å². The number of thioether (sulfide) groups is 1. The van der Waals surface area contributed by atoms with Crippen LogP contribution in [0.3, 0.4) is 0 Å². The summed E-state index contributed by atoms with van der Waals surface area (Å²) >= 11 is 5.47. The van der Waals surface area contributed by atoms with E-state index in [2.05, 4.69) is 22.0 Å². The quantitative estimate of drug-likeness (QED) is 0.773. The van der Waals surface area contributed by atoms with Crippen molar-refractivity contribution in [2.45, 2.75) is 36.3 Å². The Morgan fingerprint density at radius 2 is 2.29 bits per heavy atom. The van der Waals surface area contributed by atoms with Crippen molar-refractivity contribution in [3.05, 3.63) is 28.2 Å². The summed E-state index contributed by atoms with van der Waals surface area (Å²) in [6, 6.07) is 6.11. The van der Waals surface area contributed by atoms with Gasteiger partial charge in [-0.1, -0.05) is 6.07 Å². The van der Waals surface area contributed by atoms with E-state index in [0.717, 1.165) is 15.3 Å². The number of rotatable bonds is 5. The minimum Gasteiger partial charge on any atom is -0.466 e. The SMILES string of the molecule is CCOC(=O)Cc1ccc(SC2CC2)c(Br)c1. The van der Waals surface area contributed by atoms with E-state index in [9.17, 15) is 4.79 Å². The van der Waals surface area contributed by atoms with Crippen LogP contribution in [-0.2, 0) is 16.0 Å². The third-order valence-electron chi connectivity index (χ3n) is 2.47. The van der Waals surface area contributed by atoms with Gasteiger partial charge in [0.25, 0.3) is 0 Å². The van der Waals surface area contributed by atoms with Crippen LogP contribution in [0.25, 0.3) is 0 Å². The van der Waals surface area contributed by atoms with E-state index in [1.54, 1.807) is 0 Å². The van der Waals surface area contributed by atoms with Crippen molar-refractivity contribution < 1.29 is 9.53 Å². The summed E-state index contributed by atoms with van der Waals surface area (Å²) in [5.74, 6) is -0.165. The fourth-order valence-electron chi connectivity index (χ4n) is 1.49. The Kier molecular flexibility index (Phi) is 4.51. The van der Waals surface area contributed by atoms with E-state index < -0.39 is 0 Å². The molecule has 0 unspecified atom stereocenters. The maximum absolute atomic E-state index is 11.4. The number of hydrogen-bond donors (Lipinski definition) is 0. The van der Waals surface area contributed by atoms with E-state index >= 15 is 0 Å². The van der Waals surface area contributed by atoms with Crippen LogP contribution >= 0.6 is 27.7 Å². The van der Waals surface area contributed by atoms with Crippen LogP contribution in [0.15, 0.2) is 27.6 Å². The predicted octanol–water partition coefficient (Wildman–Crippen LogP) is 3.81. The number of halogens is 1. The number of esters is 1. The largest absolute Gasteiger partial charge is 0.466 e. The molecule has 1 aromatic carbocycles. The molecule has 17 heavy (non-hydrogen) atoms. The van der Waals surface area contributed by atoms with Crippen LogP contribution < -0.4 is 0 Å². The first kappa shape index (κ1) is 13.0. The topological polar surface area (TPSA) is 26.3 Å². The van der Waals surface area contributed by atoms with Gasteiger partial charge in [-0.2, -0.15) is 0 Å². The zero-order valence-electron chi connectivity index (χ0n) is 9.74. The second kappa shape index (κ2) is 5.91. The molecule has 0 spiro atoms. The van der Waals surface area contributed by atoms with Gasteiger partial charge in [-0.25, -0.2) is 0 Å². The zero-order chi connectivity index (χ0) is 12.3. The Labute approximate surface area is 114 Å². The lowest BCUT2D eigenvalue weighted by molar-refractivity contribution is -0.142. The molecule has 0 N–H and O–H groups in total. The average molecular weight is 315 g/mol. The second-order valence-corrected chi connectivity index (χ2v) is 6.26. The second-order valence-electron chi connectivity index (χ2n) is 4.06. The fourth-order valence-corrected chi connectivity index (χ4v) is 3.25. The molecule has 92 valence electrons. The van der Waals surface area contributed by atoms with Crippen molar-refractivity contribution in [1.82, 2.24) is 0 Å². The molecular weight excluding hydrogens is 300 g/mol. The number of carbonyl (C=O) groups is 1. The van der Waals surface area contributed by atoms with Crippen molar-refractivity contribution in [2.24, 2.45) is 0 Å². The van der Waals surface area contributed by atoms with Gasteiger partial charge in [0.05, 0.1) is 13.0 Å². The van der Waals surface area contributed by atoms with Crippen LogP contribution in [0.2, 0.25) is 0 Å². The Morgan fingerprint density at radius 1 is 1.53 bits per heavy atom. The molecule has 2 nitrogen and oxygen atoms in total. The Hall–Kier alpha value is -0.480. The van der Waals surface area contributed by atoms with Gasteiger partial charge >= 0.3 is 5.97 Å². The summed E-state index contributed by atoms with van der Waals surface area (Å²) in [7, 11) is 0. The third kappa shape index (κ3) is 4.03. The summed E-state index contributed by atoms with van der Waals surface area (Å²) < 4.78 is 6.01. The van der Waals surface area contributed by atoms with Gasteiger partial charge in [-0.15, -0.1) is 11.8 Å². The number of ether oxygens (including phenoxy) is 1. The molecule has 1 saturated carbocycles.